The Morgan fingerprint density at radius 1 is 0.784 bits per heavy atom. The van der Waals surface area contributed by atoms with Gasteiger partial charge in [0.1, 0.15) is 11.5 Å². The van der Waals surface area contributed by atoms with Gasteiger partial charge in [-0.25, -0.2) is 4.98 Å². The normalized spacial score (nSPS) is 10.8. The fraction of sp³-hybridized carbons (Fsp3) is 0.129. The van der Waals surface area contributed by atoms with Crippen molar-refractivity contribution in [3.8, 4) is 11.5 Å². The molecule has 0 aliphatic carbocycles. The molecule has 0 saturated heterocycles. The van der Waals surface area contributed by atoms with Crippen molar-refractivity contribution in [1.29, 1.82) is 0 Å². The molecule has 0 atom stereocenters. The number of benzene rings is 4. The summed E-state index contributed by atoms with van der Waals surface area (Å²) in [6, 6.07) is 31.0. The number of carbonyl (C=O) groups excluding carboxylic acids is 2. The highest BCUT2D eigenvalue weighted by Crippen LogP contribution is 2.29. The summed E-state index contributed by atoms with van der Waals surface area (Å²) in [6.45, 7) is 2.07. The van der Waals surface area contributed by atoms with E-state index in [4.69, 9.17) is 4.42 Å². The van der Waals surface area contributed by atoms with Crippen LogP contribution in [0.2, 0.25) is 0 Å². The highest BCUT2D eigenvalue weighted by molar-refractivity contribution is 5.95. The molecule has 6 heteroatoms. The third kappa shape index (κ3) is 5.76. The first kappa shape index (κ1) is 24.0. The maximum atomic E-state index is 12.7. The summed E-state index contributed by atoms with van der Waals surface area (Å²) in [5, 5.41) is 8.12. The van der Waals surface area contributed by atoms with Gasteiger partial charge in [-0.3, -0.25) is 9.59 Å². The van der Waals surface area contributed by atoms with Crippen LogP contribution in [0.1, 0.15) is 22.6 Å². The van der Waals surface area contributed by atoms with E-state index in [1.54, 1.807) is 0 Å². The molecular weight excluding hydrogens is 462 g/mol. The number of aromatic nitrogens is 1. The second-order valence-electron chi connectivity index (χ2n) is 8.87. The topological polar surface area (TPSA) is 84.2 Å². The van der Waals surface area contributed by atoms with Crippen molar-refractivity contribution in [2.45, 2.75) is 26.3 Å². The number of hydrogen-bond donors (Lipinski definition) is 2. The molecule has 0 aliphatic heterocycles. The number of carbonyl (C=O) groups is 2. The quantitative estimate of drug-likeness (QED) is 0.287. The third-order valence-electron chi connectivity index (χ3n) is 6.22. The van der Waals surface area contributed by atoms with Crippen molar-refractivity contribution in [1.82, 2.24) is 10.3 Å². The SMILES string of the molecule is Cc1oc(-c2ccccc2NC(=O)Cc2ccccc2)nc1CNC(=O)Cc1cccc2ccccc12. The lowest BCUT2D eigenvalue weighted by atomic mass is 10.0. The molecule has 1 heterocycles. The second kappa shape index (κ2) is 10.9. The molecule has 5 aromatic rings. The van der Waals surface area contributed by atoms with Crippen molar-refractivity contribution in [3.63, 3.8) is 0 Å². The molecule has 37 heavy (non-hydrogen) atoms. The zero-order chi connectivity index (χ0) is 25.6. The first-order valence-electron chi connectivity index (χ1n) is 12.2. The number of para-hydroxylation sites is 1. The Morgan fingerprint density at radius 3 is 2.38 bits per heavy atom. The highest BCUT2D eigenvalue weighted by Gasteiger charge is 2.17. The van der Waals surface area contributed by atoms with Crippen LogP contribution in [0.5, 0.6) is 0 Å². The van der Waals surface area contributed by atoms with Crippen LogP contribution in [0.25, 0.3) is 22.2 Å². The maximum absolute atomic E-state index is 12.7. The lowest BCUT2D eigenvalue weighted by Crippen LogP contribution is -2.25. The molecule has 0 fully saturated rings. The molecule has 2 amide bonds. The first-order chi connectivity index (χ1) is 18.1. The van der Waals surface area contributed by atoms with E-state index in [1.165, 1.54) is 0 Å². The summed E-state index contributed by atoms with van der Waals surface area (Å²) in [5.41, 5.74) is 3.86. The smallest absolute Gasteiger partial charge is 0.228 e. The van der Waals surface area contributed by atoms with Gasteiger partial charge in [0.05, 0.1) is 30.6 Å². The van der Waals surface area contributed by atoms with Crippen LogP contribution in [0.3, 0.4) is 0 Å². The number of hydrogen-bond acceptors (Lipinski definition) is 4. The predicted octanol–water partition coefficient (Wildman–Crippen LogP) is 5.84. The molecular formula is C31H27N3O3. The Kier molecular flexibility index (Phi) is 7.08. The average Bonchev–Trinajstić information content (AvgIpc) is 3.28. The molecule has 0 unspecified atom stereocenters. The summed E-state index contributed by atoms with van der Waals surface area (Å²) in [6.07, 6.45) is 0.551. The first-order valence-corrected chi connectivity index (χ1v) is 12.2. The van der Waals surface area contributed by atoms with E-state index < -0.39 is 0 Å². The van der Waals surface area contributed by atoms with Crippen LogP contribution in [0, 0.1) is 6.92 Å². The van der Waals surface area contributed by atoms with Gasteiger partial charge in [0.15, 0.2) is 0 Å². The van der Waals surface area contributed by atoms with Crippen LogP contribution < -0.4 is 10.6 Å². The van der Waals surface area contributed by atoms with E-state index in [1.807, 2.05) is 104 Å². The lowest BCUT2D eigenvalue weighted by molar-refractivity contribution is -0.120. The van der Waals surface area contributed by atoms with Crippen molar-refractivity contribution >= 4 is 28.3 Å². The van der Waals surface area contributed by atoms with Gasteiger partial charge in [-0.2, -0.15) is 0 Å². The molecule has 4 aromatic carbocycles. The standard InChI is InChI=1S/C31H27N3O3/c1-21-28(20-32-29(35)19-24-14-9-13-23-12-5-6-15-25(23)24)34-31(37-21)26-16-7-8-17-27(26)33-30(36)18-22-10-3-2-4-11-22/h2-17H,18-20H2,1H3,(H,32,35)(H,33,36). The number of nitrogens with zero attached hydrogens (tertiary/aromatic N) is 1. The van der Waals surface area contributed by atoms with Crippen molar-refractivity contribution in [2.24, 2.45) is 0 Å². The van der Waals surface area contributed by atoms with Gasteiger partial charge >= 0.3 is 0 Å². The lowest BCUT2D eigenvalue weighted by Gasteiger charge is -2.09. The summed E-state index contributed by atoms with van der Waals surface area (Å²) < 4.78 is 5.94. The van der Waals surface area contributed by atoms with E-state index in [2.05, 4.69) is 15.6 Å². The van der Waals surface area contributed by atoms with Crippen LogP contribution in [-0.2, 0) is 29.0 Å². The van der Waals surface area contributed by atoms with E-state index in [9.17, 15) is 9.59 Å². The van der Waals surface area contributed by atoms with E-state index in [0.29, 0.717) is 28.6 Å². The maximum Gasteiger partial charge on any atom is 0.228 e. The molecule has 0 aliphatic rings. The van der Waals surface area contributed by atoms with Crippen LogP contribution >= 0.6 is 0 Å². The van der Waals surface area contributed by atoms with E-state index in [-0.39, 0.29) is 31.2 Å². The average molecular weight is 490 g/mol. The molecule has 6 nitrogen and oxygen atoms in total. The van der Waals surface area contributed by atoms with Gasteiger partial charge in [0, 0.05) is 0 Å². The largest absolute Gasteiger partial charge is 0.441 e. The number of anilines is 1. The Labute approximate surface area is 215 Å². The Bertz CT molecular complexity index is 1550. The molecule has 0 saturated carbocycles. The van der Waals surface area contributed by atoms with Crippen molar-refractivity contribution < 1.29 is 14.0 Å². The van der Waals surface area contributed by atoms with Crippen LogP contribution in [0.4, 0.5) is 5.69 Å². The fourth-order valence-corrected chi connectivity index (χ4v) is 4.33. The van der Waals surface area contributed by atoms with Gasteiger partial charge in [-0.1, -0.05) is 84.9 Å². The van der Waals surface area contributed by atoms with Gasteiger partial charge in [0.2, 0.25) is 17.7 Å². The summed E-state index contributed by atoms with van der Waals surface area (Å²) in [4.78, 5) is 30.0. The molecule has 184 valence electrons. The summed E-state index contributed by atoms with van der Waals surface area (Å²) in [7, 11) is 0. The number of rotatable bonds is 8. The number of nitrogens with one attached hydrogen (secondary N) is 2. The number of amides is 2. The molecule has 2 N–H and O–H groups in total. The minimum atomic E-state index is -0.122. The molecule has 5 rings (SSSR count). The van der Waals surface area contributed by atoms with Gasteiger partial charge in [-0.15, -0.1) is 0 Å². The summed E-state index contributed by atoms with van der Waals surface area (Å²) in [5.74, 6) is 0.800. The minimum Gasteiger partial charge on any atom is -0.441 e. The van der Waals surface area contributed by atoms with E-state index >= 15 is 0 Å². The fourth-order valence-electron chi connectivity index (χ4n) is 4.33. The van der Waals surface area contributed by atoms with Crippen molar-refractivity contribution in [3.05, 3.63) is 120 Å². The predicted molar refractivity (Wildman–Crippen MR) is 145 cm³/mol. The van der Waals surface area contributed by atoms with Gasteiger partial charge < -0.3 is 15.1 Å². The molecule has 0 spiro atoms. The monoisotopic (exact) mass is 489 g/mol. The number of aryl methyl sites for hydroxylation is 1. The van der Waals surface area contributed by atoms with Crippen LogP contribution in [-0.4, -0.2) is 16.8 Å². The summed E-state index contributed by atoms with van der Waals surface area (Å²) >= 11 is 0. The second-order valence-corrected chi connectivity index (χ2v) is 8.87. The molecule has 0 bridgehead atoms. The van der Waals surface area contributed by atoms with Gasteiger partial charge in [0.25, 0.3) is 0 Å². The van der Waals surface area contributed by atoms with Crippen LogP contribution in [0.15, 0.2) is 101 Å². The number of fused-ring (bicyclic) bond motifs is 1. The highest BCUT2D eigenvalue weighted by atomic mass is 16.4. The number of oxazole rings is 1. The zero-order valence-corrected chi connectivity index (χ0v) is 20.5. The zero-order valence-electron chi connectivity index (χ0n) is 20.5. The molecule has 0 radical (unpaired) electrons. The Balaban J connectivity index is 1.26. The van der Waals surface area contributed by atoms with Gasteiger partial charge in [-0.05, 0) is 41.0 Å². The molecule has 1 aromatic heterocycles. The van der Waals surface area contributed by atoms with Crippen molar-refractivity contribution in [2.75, 3.05) is 5.32 Å². The third-order valence-corrected chi connectivity index (χ3v) is 6.22. The Hall–Kier alpha value is -4.71. The minimum absolute atomic E-state index is 0.0890. The van der Waals surface area contributed by atoms with E-state index in [0.717, 1.165) is 21.9 Å². The Morgan fingerprint density at radius 2 is 1.51 bits per heavy atom.